The van der Waals surface area contributed by atoms with Gasteiger partial charge in [-0.05, 0) is 6.07 Å². The number of fused-ring (bicyclic) bond motifs is 2. The molecule has 1 aromatic carbocycles. The first-order valence-electron chi connectivity index (χ1n) is 9.51. The molecular formula is C19H22N4O5S2. The number of aryl methyl sites for hydroxylation is 1. The summed E-state index contributed by atoms with van der Waals surface area (Å²) in [5.41, 5.74) is 0.919. The number of hydrogen-bond acceptors (Lipinski definition) is 7. The van der Waals surface area contributed by atoms with E-state index in [9.17, 15) is 13.2 Å². The van der Waals surface area contributed by atoms with Gasteiger partial charge in [-0.15, -0.1) is 0 Å². The molecular weight excluding hydrogens is 428 g/mol. The van der Waals surface area contributed by atoms with Crippen LogP contribution in [-0.4, -0.2) is 54.5 Å². The van der Waals surface area contributed by atoms with E-state index in [1.165, 1.54) is 32.5 Å². The van der Waals surface area contributed by atoms with Crippen LogP contribution in [0, 0.1) is 0 Å². The number of carbonyl (C=O) groups is 1. The molecule has 0 atom stereocenters. The Labute approximate surface area is 178 Å². The maximum atomic E-state index is 12.8. The van der Waals surface area contributed by atoms with Crippen LogP contribution >= 0.6 is 11.3 Å². The molecule has 0 saturated carbocycles. The minimum Gasteiger partial charge on any atom is -0.486 e. The molecule has 0 unspecified atom stereocenters. The largest absolute Gasteiger partial charge is 0.486 e. The third-order valence-electron chi connectivity index (χ3n) is 4.83. The van der Waals surface area contributed by atoms with E-state index < -0.39 is 15.9 Å². The fourth-order valence-corrected chi connectivity index (χ4v) is 5.69. The highest BCUT2D eigenvalue weighted by atomic mass is 32.2. The lowest BCUT2D eigenvalue weighted by atomic mass is 10.3. The van der Waals surface area contributed by atoms with Crippen molar-refractivity contribution in [3.8, 4) is 11.5 Å². The Bertz CT molecular complexity index is 1170. The molecule has 3 heterocycles. The number of benzene rings is 1. The standard InChI is InChI=1S/C19H22N4O5S2/c1-4-23(5-2)30(25,26)12-8-14(22(3)11-12)18(24)21-19-20-13-9-15-16(10-17(13)29-19)28-7-6-27-15/h8-11H,4-7H2,1-3H3,(H,20,21,24). The zero-order chi connectivity index (χ0) is 21.5. The summed E-state index contributed by atoms with van der Waals surface area (Å²) in [5.74, 6) is 0.851. The van der Waals surface area contributed by atoms with Crippen molar-refractivity contribution in [2.45, 2.75) is 18.7 Å². The number of anilines is 1. The van der Waals surface area contributed by atoms with Crippen molar-refractivity contribution in [3.05, 3.63) is 30.1 Å². The molecule has 0 fully saturated rings. The molecule has 4 rings (SSSR count). The molecule has 160 valence electrons. The Balaban J connectivity index is 1.59. The number of hydrogen-bond donors (Lipinski definition) is 1. The van der Waals surface area contributed by atoms with E-state index in [4.69, 9.17) is 9.47 Å². The van der Waals surface area contributed by atoms with Gasteiger partial charge in [0.2, 0.25) is 10.0 Å². The lowest BCUT2D eigenvalue weighted by Gasteiger charge is -2.17. The van der Waals surface area contributed by atoms with E-state index in [-0.39, 0.29) is 10.6 Å². The Morgan fingerprint density at radius 3 is 2.53 bits per heavy atom. The van der Waals surface area contributed by atoms with Crippen LogP contribution in [0.3, 0.4) is 0 Å². The lowest BCUT2D eigenvalue weighted by molar-refractivity contribution is 0.101. The Morgan fingerprint density at radius 1 is 1.20 bits per heavy atom. The molecule has 1 amide bonds. The van der Waals surface area contributed by atoms with Crippen molar-refractivity contribution in [1.82, 2.24) is 13.9 Å². The second kappa shape index (κ2) is 7.89. The fraction of sp³-hybridized carbons (Fsp3) is 0.368. The maximum absolute atomic E-state index is 12.8. The number of amides is 1. The summed E-state index contributed by atoms with van der Waals surface area (Å²) < 4.78 is 40.3. The summed E-state index contributed by atoms with van der Waals surface area (Å²) >= 11 is 1.31. The summed E-state index contributed by atoms with van der Waals surface area (Å²) in [7, 11) is -2.01. The van der Waals surface area contributed by atoms with Crippen LogP contribution in [0.1, 0.15) is 24.3 Å². The van der Waals surface area contributed by atoms with E-state index in [0.717, 1.165) is 4.70 Å². The first-order valence-corrected chi connectivity index (χ1v) is 11.8. The Kier molecular flexibility index (Phi) is 5.43. The first-order chi connectivity index (χ1) is 14.3. The summed E-state index contributed by atoms with van der Waals surface area (Å²) in [4.78, 5) is 17.3. The van der Waals surface area contributed by atoms with Gasteiger partial charge in [0.15, 0.2) is 16.6 Å². The van der Waals surface area contributed by atoms with Crippen LogP contribution in [0.4, 0.5) is 5.13 Å². The van der Waals surface area contributed by atoms with E-state index in [0.29, 0.717) is 48.5 Å². The lowest BCUT2D eigenvalue weighted by Crippen LogP contribution is -2.30. The average molecular weight is 451 g/mol. The van der Waals surface area contributed by atoms with Crippen molar-refractivity contribution in [1.29, 1.82) is 0 Å². The second-order valence-electron chi connectivity index (χ2n) is 6.70. The molecule has 0 spiro atoms. The molecule has 0 saturated heterocycles. The van der Waals surface area contributed by atoms with Crippen molar-refractivity contribution in [2.24, 2.45) is 7.05 Å². The fourth-order valence-electron chi connectivity index (χ4n) is 3.29. The molecule has 2 aromatic heterocycles. The summed E-state index contributed by atoms with van der Waals surface area (Å²) in [6.45, 7) is 5.25. The van der Waals surface area contributed by atoms with Crippen LogP contribution in [0.25, 0.3) is 10.2 Å². The Morgan fingerprint density at radius 2 is 1.87 bits per heavy atom. The number of ether oxygens (including phenoxy) is 2. The highest BCUT2D eigenvalue weighted by Crippen LogP contribution is 2.38. The average Bonchev–Trinajstić information content (AvgIpc) is 3.29. The molecule has 30 heavy (non-hydrogen) atoms. The minimum atomic E-state index is -3.65. The minimum absolute atomic E-state index is 0.0881. The van der Waals surface area contributed by atoms with Gasteiger partial charge in [0.1, 0.15) is 23.8 Å². The van der Waals surface area contributed by atoms with Gasteiger partial charge in [-0.25, -0.2) is 13.4 Å². The number of rotatable bonds is 6. The summed E-state index contributed by atoms with van der Waals surface area (Å²) in [6, 6.07) is 5.01. The maximum Gasteiger partial charge on any atom is 0.274 e. The van der Waals surface area contributed by atoms with Gasteiger partial charge in [-0.1, -0.05) is 25.2 Å². The highest BCUT2D eigenvalue weighted by Gasteiger charge is 2.26. The van der Waals surface area contributed by atoms with Gasteiger partial charge in [0, 0.05) is 38.5 Å². The van der Waals surface area contributed by atoms with Gasteiger partial charge in [-0.2, -0.15) is 4.31 Å². The number of carbonyl (C=O) groups excluding carboxylic acids is 1. The van der Waals surface area contributed by atoms with Crippen LogP contribution in [0.5, 0.6) is 11.5 Å². The molecule has 0 radical (unpaired) electrons. The van der Waals surface area contributed by atoms with Crippen molar-refractivity contribution in [3.63, 3.8) is 0 Å². The molecule has 9 nitrogen and oxygen atoms in total. The molecule has 1 aliphatic heterocycles. The second-order valence-corrected chi connectivity index (χ2v) is 9.67. The zero-order valence-corrected chi connectivity index (χ0v) is 18.5. The van der Waals surface area contributed by atoms with Crippen LogP contribution in [0.15, 0.2) is 29.3 Å². The molecule has 3 aromatic rings. The van der Waals surface area contributed by atoms with Gasteiger partial charge < -0.3 is 14.0 Å². The van der Waals surface area contributed by atoms with E-state index in [2.05, 4.69) is 10.3 Å². The van der Waals surface area contributed by atoms with Crippen molar-refractivity contribution >= 4 is 42.6 Å². The van der Waals surface area contributed by atoms with Crippen LogP contribution in [0.2, 0.25) is 0 Å². The normalized spacial score (nSPS) is 13.7. The number of sulfonamides is 1. The predicted molar refractivity (Wildman–Crippen MR) is 114 cm³/mol. The summed E-state index contributed by atoms with van der Waals surface area (Å²) in [6.07, 6.45) is 1.45. The zero-order valence-electron chi connectivity index (χ0n) is 16.8. The first kappa shape index (κ1) is 20.6. The van der Waals surface area contributed by atoms with E-state index in [1.807, 2.05) is 6.07 Å². The number of nitrogens with zero attached hydrogens (tertiary/aromatic N) is 3. The molecule has 0 bridgehead atoms. The smallest absolute Gasteiger partial charge is 0.274 e. The summed E-state index contributed by atoms with van der Waals surface area (Å²) in [5, 5.41) is 3.17. The quantitative estimate of drug-likeness (QED) is 0.619. The van der Waals surface area contributed by atoms with E-state index in [1.54, 1.807) is 27.0 Å². The van der Waals surface area contributed by atoms with Crippen molar-refractivity contribution in [2.75, 3.05) is 31.6 Å². The Hall–Kier alpha value is -2.63. The molecule has 1 N–H and O–H groups in total. The predicted octanol–water partition coefficient (Wildman–Crippen LogP) is 2.69. The van der Waals surface area contributed by atoms with Crippen LogP contribution in [-0.2, 0) is 17.1 Å². The van der Waals surface area contributed by atoms with Gasteiger partial charge in [0.25, 0.3) is 5.91 Å². The van der Waals surface area contributed by atoms with Gasteiger partial charge in [0.05, 0.1) is 10.2 Å². The topological polar surface area (TPSA) is 103 Å². The third kappa shape index (κ3) is 3.64. The number of aromatic nitrogens is 2. The van der Waals surface area contributed by atoms with Crippen LogP contribution < -0.4 is 14.8 Å². The molecule has 1 aliphatic rings. The molecule has 11 heteroatoms. The van der Waals surface area contributed by atoms with E-state index >= 15 is 0 Å². The molecule has 0 aliphatic carbocycles. The van der Waals surface area contributed by atoms with Gasteiger partial charge >= 0.3 is 0 Å². The highest BCUT2D eigenvalue weighted by molar-refractivity contribution is 7.89. The number of nitrogens with one attached hydrogen (secondary N) is 1. The monoisotopic (exact) mass is 450 g/mol. The third-order valence-corrected chi connectivity index (χ3v) is 7.78. The van der Waals surface area contributed by atoms with Crippen molar-refractivity contribution < 1.29 is 22.7 Å². The van der Waals surface area contributed by atoms with Gasteiger partial charge in [-0.3, -0.25) is 10.1 Å². The SMILES string of the molecule is CCN(CC)S(=O)(=O)c1cc(C(=O)Nc2nc3cc4c(cc3s2)OCCO4)n(C)c1. The number of thiazole rings is 1.